The molecule has 1 aliphatic rings. The molecule has 1 unspecified atom stereocenters. The summed E-state index contributed by atoms with van der Waals surface area (Å²) in [4.78, 5) is 25.2. The third kappa shape index (κ3) is 3.53. The molecule has 8 nitrogen and oxygen atoms in total. The average molecular weight is 343 g/mol. The monoisotopic (exact) mass is 343 g/mol. The molecule has 132 valence electrons. The molecule has 1 aromatic carbocycles. The second-order valence-corrected chi connectivity index (χ2v) is 6.25. The van der Waals surface area contributed by atoms with Crippen LogP contribution in [0, 0.1) is 10.1 Å². The smallest absolute Gasteiger partial charge is 0.269 e. The number of hydrogen-bond donors (Lipinski definition) is 1. The number of likely N-dealkylation sites (N-methyl/N-ethyl adjacent to an activating group) is 1. The van der Waals surface area contributed by atoms with Crippen molar-refractivity contribution in [1.29, 1.82) is 0 Å². The number of nitrogens with one attached hydrogen (secondary N) is 1. The Morgan fingerprint density at radius 3 is 2.72 bits per heavy atom. The largest absolute Gasteiger partial charge is 0.337 e. The van der Waals surface area contributed by atoms with Crippen molar-refractivity contribution in [3.8, 4) is 11.3 Å². The van der Waals surface area contributed by atoms with Gasteiger partial charge in [-0.15, -0.1) is 0 Å². The van der Waals surface area contributed by atoms with E-state index in [-0.39, 0.29) is 11.6 Å². The Morgan fingerprint density at radius 2 is 2.08 bits per heavy atom. The normalized spacial score (nSPS) is 17.5. The molecule has 1 N–H and O–H groups in total. The Morgan fingerprint density at radius 1 is 1.36 bits per heavy atom. The van der Waals surface area contributed by atoms with Crippen LogP contribution in [0.5, 0.6) is 0 Å². The number of nitro groups is 1. The highest BCUT2D eigenvalue weighted by Gasteiger charge is 2.27. The number of rotatable bonds is 4. The molecule has 1 fully saturated rings. The van der Waals surface area contributed by atoms with Gasteiger partial charge in [0.25, 0.3) is 11.6 Å². The summed E-state index contributed by atoms with van der Waals surface area (Å²) < 4.78 is 1.60. The quantitative estimate of drug-likeness (QED) is 0.675. The summed E-state index contributed by atoms with van der Waals surface area (Å²) in [7, 11) is 3.67. The topological polar surface area (TPSA) is 93.3 Å². The van der Waals surface area contributed by atoms with Gasteiger partial charge in [0.05, 0.1) is 10.5 Å². The Labute approximate surface area is 145 Å². The van der Waals surface area contributed by atoms with Crippen LogP contribution in [0.3, 0.4) is 0 Å². The van der Waals surface area contributed by atoms with Crippen molar-refractivity contribution in [2.45, 2.75) is 18.9 Å². The fourth-order valence-electron chi connectivity index (χ4n) is 3.17. The average Bonchev–Trinajstić information content (AvgIpc) is 3.03. The lowest BCUT2D eigenvalue weighted by atomic mass is 10.0. The maximum absolute atomic E-state index is 13.0. The molecule has 1 atom stereocenters. The van der Waals surface area contributed by atoms with Crippen LogP contribution >= 0.6 is 0 Å². The second kappa shape index (κ2) is 7.02. The van der Waals surface area contributed by atoms with Gasteiger partial charge in [-0.05, 0) is 32.0 Å². The number of nitro benzene ring substituents is 1. The molecule has 2 heterocycles. The van der Waals surface area contributed by atoms with Gasteiger partial charge >= 0.3 is 0 Å². The molecule has 1 aliphatic heterocycles. The molecule has 1 amide bonds. The van der Waals surface area contributed by atoms with E-state index in [1.807, 2.05) is 11.9 Å². The first-order valence-corrected chi connectivity index (χ1v) is 8.24. The highest BCUT2D eigenvalue weighted by atomic mass is 16.6. The minimum atomic E-state index is -0.445. The predicted molar refractivity (Wildman–Crippen MR) is 93.3 cm³/mol. The first kappa shape index (κ1) is 17.1. The van der Waals surface area contributed by atoms with Crippen LogP contribution in [0.25, 0.3) is 11.3 Å². The summed E-state index contributed by atoms with van der Waals surface area (Å²) in [6.07, 6.45) is 3.73. The maximum Gasteiger partial charge on any atom is 0.269 e. The number of benzene rings is 1. The SMILES string of the molecule is CNC1CCCN(C(=O)c2cn(C)nc2-c2ccc([N+](=O)[O-])cc2)C1. The third-order valence-electron chi connectivity index (χ3n) is 4.53. The minimum Gasteiger partial charge on any atom is -0.337 e. The Bertz CT molecular complexity index is 784. The highest BCUT2D eigenvalue weighted by Crippen LogP contribution is 2.26. The van der Waals surface area contributed by atoms with Crippen LogP contribution in [-0.2, 0) is 7.05 Å². The summed E-state index contributed by atoms with van der Waals surface area (Å²) in [6.45, 7) is 1.40. The zero-order chi connectivity index (χ0) is 18.0. The van der Waals surface area contributed by atoms with Gasteiger partial charge in [-0.1, -0.05) is 0 Å². The molecule has 2 aromatic rings. The summed E-state index contributed by atoms with van der Waals surface area (Å²) >= 11 is 0. The van der Waals surface area contributed by atoms with Crippen molar-refractivity contribution in [3.05, 3.63) is 46.1 Å². The summed E-state index contributed by atoms with van der Waals surface area (Å²) in [5, 5.41) is 18.4. The first-order chi connectivity index (χ1) is 12.0. The number of piperidine rings is 1. The van der Waals surface area contributed by atoms with E-state index in [1.54, 1.807) is 30.1 Å². The molecule has 0 aliphatic carbocycles. The zero-order valence-electron chi connectivity index (χ0n) is 14.3. The van der Waals surface area contributed by atoms with Gasteiger partial charge in [0.1, 0.15) is 5.69 Å². The van der Waals surface area contributed by atoms with Gasteiger partial charge < -0.3 is 10.2 Å². The standard InChI is InChI=1S/C17H21N5O3/c1-18-13-4-3-9-21(10-13)17(23)15-11-20(2)19-16(15)12-5-7-14(8-6-12)22(24)25/h5-8,11,13,18H,3-4,9-10H2,1-2H3. The molecular weight excluding hydrogens is 322 g/mol. The van der Waals surface area contributed by atoms with Gasteiger partial charge in [0.2, 0.25) is 0 Å². The fraction of sp³-hybridized carbons (Fsp3) is 0.412. The second-order valence-electron chi connectivity index (χ2n) is 6.25. The van der Waals surface area contributed by atoms with Crippen LogP contribution in [0.4, 0.5) is 5.69 Å². The summed E-state index contributed by atoms with van der Waals surface area (Å²) in [5.41, 5.74) is 1.78. The number of carbonyl (C=O) groups excluding carboxylic acids is 1. The van der Waals surface area contributed by atoms with E-state index in [9.17, 15) is 14.9 Å². The lowest BCUT2D eigenvalue weighted by Gasteiger charge is -2.32. The van der Waals surface area contributed by atoms with Crippen LogP contribution in [-0.4, -0.2) is 51.7 Å². The molecule has 1 saturated heterocycles. The van der Waals surface area contributed by atoms with Crippen LogP contribution in [0.15, 0.2) is 30.5 Å². The van der Waals surface area contributed by atoms with Crippen LogP contribution in [0.1, 0.15) is 23.2 Å². The van der Waals surface area contributed by atoms with Gasteiger partial charge in [-0.25, -0.2) is 0 Å². The fourth-order valence-corrected chi connectivity index (χ4v) is 3.17. The van der Waals surface area contributed by atoms with Gasteiger partial charge in [-0.2, -0.15) is 5.10 Å². The molecule has 1 aromatic heterocycles. The van der Waals surface area contributed by atoms with E-state index in [0.29, 0.717) is 29.4 Å². The van der Waals surface area contributed by atoms with Crippen molar-refractivity contribution in [2.75, 3.05) is 20.1 Å². The Balaban J connectivity index is 1.90. The molecule has 0 saturated carbocycles. The number of amides is 1. The van der Waals surface area contributed by atoms with Crippen molar-refractivity contribution in [1.82, 2.24) is 20.0 Å². The third-order valence-corrected chi connectivity index (χ3v) is 4.53. The Hall–Kier alpha value is -2.74. The van der Waals surface area contributed by atoms with Crippen LogP contribution < -0.4 is 5.32 Å². The first-order valence-electron chi connectivity index (χ1n) is 8.24. The van der Waals surface area contributed by atoms with Crippen molar-refractivity contribution in [2.24, 2.45) is 7.05 Å². The number of nitrogens with zero attached hydrogens (tertiary/aromatic N) is 4. The number of hydrogen-bond acceptors (Lipinski definition) is 5. The summed E-state index contributed by atoms with van der Waals surface area (Å²) in [5.74, 6) is -0.0543. The highest BCUT2D eigenvalue weighted by molar-refractivity contribution is 6.00. The molecule has 0 spiro atoms. The van der Waals surface area contributed by atoms with E-state index in [0.717, 1.165) is 19.4 Å². The molecular formula is C17H21N5O3. The van der Waals surface area contributed by atoms with Gasteiger partial charge in [0.15, 0.2) is 0 Å². The van der Waals surface area contributed by atoms with E-state index in [2.05, 4.69) is 10.4 Å². The predicted octanol–water partition coefficient (Wildman–Crippen LogP) is 1.82. The van der Waals surface area contributed by atoms with Crippen molar-refractivity contribution >= 4 is 11.6 Å². The number of non-ortho nitro benzene ring substituents is 1. The number of likely N-dealkylation sites (tertiary alicyclic amines) is 1. The van der Waals surface area contributed by atoms with E-state index >= 15 is 0 Å². The lowest BCUT2D eigenvalue weighted by molar-refractivity contribution is -0.384. The number of aromatic nitrogens is 2. The maximum atomic E-state index is 13.0. The molecule has 0 bridgehead atoms. The van der Waals surface area contributed by atoms with E-state index in [1.165, 1.54) is 12.1 Å². The van der Waals surface area contributed by atoms with Crippen molar-refractivity contribution in [3.63, 3.8) is 0 Å². The molecule has 3 rings (SSSR count). The summed E-state index contributed by atoms with van der Waals surface area (Å²) in [6, 6.07) is 6.41. The Kier molecular flexibility index (Phi) is 4.80. The van der Waals surface area contributed by atoms with E-state index < -0.39 is 4.92 Å². The van der Waals surface area contributed by atoms with E-state index in [4.69, 9.17) is 0 Å². The van der Waals surface area contributed by atoms with Gasteiger partial charge in [0, 0.05) is 50.1 Å². The number of carbonyl (C=O) groups is 1. The molecule has 0 radical (unpaired) electrons. The zero-order valence-corrected chi connectivity index (χ0v) is 14.3. The molecule has 8 heteroatoms. The number of aryl methyl sites for hydroxylation is 1. The van der Waals surface area contributed by atoms with Crippen LogP contribution in [0.2, 0.25) is 0 Å². The minimum absolute atomic E-state index is 0.0143. The van der Waals surface area contributed by atoms with Crippen molar-refractivity contribution < 1.29 is 9.72 Å². The van der Waals surface area contributed by atoms with Gasteiger partial charge in [-0.3, -0.25) is 19.6 Å². The lowest BCUT2D eigenvalue weighted by Crippen LogP contribution is -2.47. The molecule has 25 heavy (non-hydrogen) atoms.